The molecule has 0 spiro atoms. The SMILES string of the molecule is CC(=O)NC1(C(=O)O)N2C(=O)C[C@H]2SC1(C)C.c1ccc2c(c1)O2. The first-order valence-electron chi connectivity index (χ1n) is 7.48. The maximum absolute atomic E-state index is 11.6. The molecule has 2 saturated heterocycles. The van der Waals surface area contributed by atoms with Crippen molar-refractivity contribution in [2.45, 2.75) is 43.0 Å². The molecule has 7 nitrogen and oxygen atoms in total. The number of carbonyl (C=O) groups is 3. The third-order valence-corrected chi connectivity index (χ3v) is 5.80. The Labute approximate surface area is 143 Å². The van der Waals surface area contributed by atoms with Gasteiger partial charge in [-0.3, -0.25) is 14.5 Å². The van der Waals surface area contributed by atoms with Gasteiger partial charge in [0.2, 0.25) is 17.5 Å². The number of hydrogen-bond donors (Lipinski definition) is 2. The maximum Gasteiger partial charge on any atom is 0.352 e. The summed E-state index contributed by atoms with van der Waals surface area (Å²) in [6.07, 6.45) is 0.336. The lowest BCUT2D eigenvalue weighted by atomic mass is 9.90. The van der Waals surface area contributed by atoms with Gasteiger partial charge in [-0.25, -0.2) is 4.79 Å². The minimum atomic E-state index is -1.64. The van der Waals surface area contributed by atoms with E-state index in [9.17, 15) is 19.5 Å². The Balaban J connectivity index is 0.000000198. The predicted molar refractivity (Wildman–Crippen MR) is 87.6 cm³/mol. The smallest absolute Gasteiger partial charge is 0.352 e. The van der Waals surface area contributed by atoms with E-state index in [1.807, 2.05) is 24.3 Å². The normalized spacial score (nSPS) is 27.5. The number of nitrogens with one attached hydrogen (secondary N) is 1. The summed E-state index contributed by atoms with van der Waals surface area (Å²) in [4.78, 5) is 35.7. The van der Waals surface area contributed by atoms with Gasteiger partial charge in [-0.05, 0) is 26.0 Å². The Morgan fingerprint density at radius 1 is 1.33 bits per heavy atom. The number of carboxylic acids is 1. The van der Waals surface area contributed by atoms with Gasteiger partial charge < -0.3 is 15.2 Å². The van der Waals surface area contributed by atoms with Gasteiger partial charge in [0, 0.05) is 6.92 Å². The van der Waals surface area contributed by atoms with Crippen molar-refractivity contribution in [2.24, 2.45) is 0 Å². The number of para-hydroxylation sites is 2. The monoisotopic (exact) mass is 350 g/mol. The summed E-state index contributed by atoms with van der Waals surface area (Å²) in [5.74, 6) is 0.177. The van der Waals surface area contributed by atoms with Crippen molar-refractivity contribution in [3.63, 3.8) is 0 Å². The summed E-state index contributed by atoms with van der Waals surface area (Å²) in [7, 11) is 0. The van der Waals surface area contributed by atoms with Gasteiger partial charge in [0.15, 0.2) is 11.5 Å². The summed E-state index contributed by atoms with van der Waals surface area (Å²) in [5, 5.41) is 11.8. The number of hydrogen-bond acceptors (Lipinski definition) is 5. The fourth-order valence-corrected chi connectivity index (χ4v) is 4.79. The number of carboxylic acid groups (broad SMARTS) is 1. The van der Waals surface area contributed by atoms with E-state index in [4.69, 9.17) is 4.74 Å². The van der Waals surface area contributed by atoms with Crippen LogP contribution in [0.1, 0.15) is 27.2 Å². The van der Waals surface area contributed by atoms with Crippen molar-refractivity contribution in [1.82, 2.24) is 10.2 Å². The van der Waals surface area contributed by atoms with Crippen molar-refractivity contribution in [3.8, 4) is 11.5 Å². The third-order valence-electron chi connectivity index (χ3n) is 4.26. The standard InChI is InChI=1S/C10H14N2O4S.C6H4O/c1-5(13)11-10(8(15)16)9(2,3)17-7-4-6(14)12(7)10;1-2-4-6-5(3-1)7-6/h7H,4H2,1-3H3,(H,11,13)(H,15,16);1-4H/t7-,10?;/m1./s1. The molecule has 1 aromatic carbocycles. The van der Waals surface area contributed by atoms with Crippen LogP contribution in [0.2, 0.25) is 0 Å². The second-order valence-corrected chi connectivity index (χ2v) is 8.10. The van der Waals surface area contributed by atoms with E-state index in [1.54, 1.807) is 13.8 Å². The van der Waals surface area contributed by atoms with Crippen LogP contribution in [0.15, 0.2) is 24.3 Å². The number of thioether (sulfide) groups is 1. The number of amides is 2. The Hall–Kier alpha value is -2.22. The molecule has 3 heterocycles. The van der Waals surface area contributed by atoms with Gasteiger partial charge in [0.05, 0.1) is 16.5 Å². The molecule has 0 saturated carbocycles. The Bertz CT molecular complexity index is 714. The molecule has 3 aliphatic rings. The summed E-state index contributed by atoms with van der Waals surface area (Å²) in [6, 6.07) is 7.84. The highest BCUT2D eigenvalue weighted by Crippen LogP contribution is 2.55. The highest BCUT2D eigenvalue weighted by Gasteiger charge is 2.70. The number of rotatable bonds is 2. The first-order valence-corrected chi connectivity index (χ1v) is 8.36. The molecule has 0 aliphatic carbocycles. The number of fused-ring (bicyclic) bond motifs is 2. The van der Waals surface area contributed by atoms with Gasteiger partial charge in [-0.15, -0.1) is 11.8 Å². The fraction of sp³-hybridized carbons (Fsp3) is 0.438. The van der Waals surface area contributed by atoms with E-state index < -0.39 is 22.3 Å². The molecule has 0 aromatic heterocycles. The molecule has 2 atom stereocenters. The molecular formula is C16H18N2O5S. The van der Waals surface area contributed by atoms with Crippen molar-refractivity contribution < 1.29 is 24.2 Å². The van der Waals surface area contributed by atoms with E-state index >= 15 is 0 Å². The van der Waals surface area contributed by atoms with Gasteiger partial charge in [-0.2, -0.15) is 0 Å². The van der Waals surface area contributed by atoms with Gasteiger partial charge >= 0.3 is 5.97 Å². The number of carbonyl (C=O) groups excluding carboxylic acids is 2. The summed E-state index contributed by atoms with van der Waals surface area (Å²) in [6.45, 7) is 4.71. The first kappa shape index (κ1) is 16.6. The zero-order valence-corrected chi connectivity index (χ0v) is 14.3. The highest BCUT2D eigenvalue weighted by molar-refractivity contribution is 8.01. The van der Waals surface area contributed by atoms with Crippen LogP contribution in [0, 0.1) is 0 Å². The molecule has 128 valence electrons. The molecule has 1 unspecified atom stereocenters. The zero-order valence-electron chi connectivity index (χ0n) is 13.5. The molecule has 3 aliphatic heterocycles. The lowest BCUT2D eigenvalue weighted by Gasteiger charge is -2.46. The summed E-state index contributed by atoms with van der Waals surface area (Å²) in [5.41, 5.74) is -1.64. The molecule has 2 fully saturated rings. The summed E-state index contributed by atoms with van der Waals surface area (Å²) < 4.78 is 4.17. The number of β-lactam (4-membered cyclic amide) rings is 1. The number of aliphatic carboxylic acids is 1. The fourth-order valence-electron chi connectivity index (χ4n) is 3.09. The average molecular weight is 350 g/mol. The largest absolute Gasteiger partial charge is 0.478 e. The number of nitrogens with zero attached hydrogens (tertiary/aromatic N) is 1. The van der Waals surface area contributed by atoms with E-state index in [0.29, 0.717) is 6.42 Å². The molecule has 0 bridgehead atoms. The van der Waals surface area contributed by atoms with Crippen LogP contribution < -0.4 is 10.1 Å². The van der Waals surface area contributed by atoms with E-state index in [1.165, 1.54) is 23.6 Å². The van der Waals surface area contributed by atoms with Crippen LogP contribution in [0.4, 0.5) is 0 Å². The van der Waals surface area contributed by atoms with Crippen LogP contribution in [0.5, 0.6) is 11.5 Å². The van der Waals surface area contributed by atoms with Crippen LogP contribution in [0.25, 0.3) is 0 Å². The molecule has 1 aromatic rings. The van der Waals surface area contributed by atoms with E-state index in [-0.39, 0.29) is 11.3 Å². The van der Waals surface area contributed by atoms with E-state index in [0.717, 1.165) is 11.5 Å². The molecule has 2 amide bonds. The summed E-state index contributed by atoms with van der Waals surface area (Å²) >= 11 is 1.41. The van der Waals surface area contributed by atoms with Crippen molar-refractivity contribution >= 4 is 29.5 Å². The molecular weight excluding hydrogens is 332 g/mol. The van der Waals surface area contributed by atoms with E-state index in [2.05, 4.69) is 5.32 Å². The van der Waals surface area contributed by atoms with Crippen LogP contribution in [0.3, 0.4) is 0 Å². The molecule has 8 heteroatoms. The average Bonchev–Trinajstić information content (AvgIpc) is 3.21. The Kier molecular flexibility index (Phi) is 3.75. The van der Waals surface area contributed by atoms with Crippen LogP contribution in [-0.2, 0) is 14.4 Å². The lowest BCUT2D eigenvalue weighted by molar-refractivity contribution is -0.173. The second-order valence-electron chi connectivity index (χ2n) is 6.30. The predicted octanol–water partition coefficient (Wildman–Crippen LogP) is 1.78. The highest BCUT2D eigenvalue weighted by atomic mass is 32.2. The molecule has 4 rings (SSSR count). The Morgan fingerprint density at radius 3 is 2.33 bits per heavy atom. The van der Waals surface area contributed by atoms with Crippen LogP contribution >= 0.6 is 11.8 Å². The Morgan fingerprint density at radius 2 is 1.92 bits per heavy atom. The lowest BCUT2D eigenvalue weighted by Crippen LogP contribution is -2.74. The molecule has 0 radical (unpaired) electrons. The first-order chi connectivity index (χ1) is 11.2. The van der Waals surface area contributed by atoms with Crippen molar-refractivity contribution in [3.05, 3.63) is 24.3 Å². The molecule has 24 heavy (non-hydrogen) atoms. The van der Waals surface area contributed by atoms with Gasteiger partial charge in [0.1, 0.15) is 0 Å². The van der Waals surface area contributed by atoms with Gasteiger partial charge in [0.25, 0.3) is 0 Å². The zero-order chi connectivity index (χ0) is 17.7. The third kappa shape index (κ3) is 2.41. The topological polar surface area (TPSA) is 99.2 Å². The minimum Gasteiger partial charge on any atom is -0.478 e. The number of benzene rings is 1. The minimum absolute atomic E-state index is 0.152. The van der Waals surface area contributed by atoms with Crippen molar-refractivity contribution in [1.29, 1.82) is 0 Å². The quantitative estimate of drug-likeness (QED) is 0.633. The number of ether oxygens (including phenoxy) is 1. The van der Waals surface area contributed by atoms with Crippen molar-refractivity contribution in [2.75, 3.05) is 0 Å². The second kappa shape index (κ2) is 5.41. The maximum atomic E-state index is 11.6. The van der Waals surface area contributed by atoms with Crippen LogP contribution in [-0.4, -0.2) is 43.6 Å². The molecule has 2 N–H and O–H groups in total. The van der Waals surface area contributed by atoms with Gasteiger partial charge in [-0.1, -0.05) is 12.1 Å².